The zero-order chi connectivity index (χ0) is 34.2. The second kappa shape index (κ2) is 14.4. The highest BCUT2D eigenvalue weighted by atomic mass is 16.6. The molecule has 264 valence electrons. The lowest BCUT2D eigenvalue weighted by Gasteiger charge is -2.61. The number of carbonyl (C=O) groups excluding carboxylic acids is 1. The number of carbonyl (C=O) groups is 1. The molecule has 6 rings (SSSR count). The van der Waals surface area contributed by atoms with Gasteiger partial charge in [-0.15, -0.1) is 0 Å². The summed E-state index contributed by atoms with van der Waals surface area (Å²) >= 11 is 0. The Hall–Kier alpha value is -2.56. The molecule has 1 heterocycles. The number of fused-ring (bicyclic) bond motifs is 6. The molecule has 8 atom stereocenters. The first-order valence-electron chi connectivity index (χ1n) is 19.5. The van der Waals surface area contributed by atoms with Crippen LogP contribution in [0.15, 0.2) is 39.1 Å². The molecule has 0 unspecified atom stereocenters. The van der Waals surface area contributed by atoms with Crippen molar-refractivity contribution in [2.24, 2.45) is 46.3 Å². The van der Waals surface area contributed by atoms with Gasteiger partial charge in [-0.2, -0.15) is 0 Å². The number of rotatable bonds is 11. The zero-order valence-electron chi connectivity index (χ0n) is 31.0. The Morgan fingerprint density at radius 2 is 1.85 bits per heavy atom. The molecular formula is C43H62O5. The van der Waals surface area contributed by atoms with E-state index in [2.05, 4.69) is 47.6 Å². The van der Waals surface area contributed by atoms with E-state index in [4.69, 9.17) is 13.9 Å². The van der Waals surface area contributed by atoms with E-state index in [0.29, 0.717) is 23.2 Å². The monoisotopic (exact) mass is 658 g/mol. The van der Waals surface area contributed by atoms with Crippen LogP contribution in [-0.4, -0.2) is 18.7 Å². The molecule has 0 spiro atoms. The molecule has 4 aliphatic carbocycles. The molecule has 5 heteroatoms. The quantitative estimate of drug-likeness (QED) is 0.137. The fourth-order valence-electron chi connectivity index (χ4n) is 11.0. The molecule has 2 aromatic rings. The van der Waals surface area contributed by atoms with Gasteiger partial charge in [-0.3, -0.25) is 0 Å². The molecule has 5 nitrogen and oxygen atoms in total. The van der Waals surface area contributed by atoms with Crippen LogP contribution in [0.5, 0.6) is 5.75 Å². The molecule has 4 aliphatic rings. The van der Waals surface area contributed by atoms with E-state index >= 15 is 0 Å². The van der Waals surface area contributed by atoms with E-state index < -0.39 is 0 Å². The Kier molecular flexibility index (Phi) is 10.5. The molecule has 1 aromatic heterocycles. The molecule has 48 heavy (non-hydrogen) atoms. The van der Waals surface area contributed by atoms with Crippen molar-refractivity contribution in [3.05, 3.63) is 51.4 Å². The molecule has 3 fully saturated rings. The lowest BCUT2D eigenvalue weighted by molar-refractivity contribution is -0.154. The normalized spacial score (nSPS) is 32.2. The van der Waals surface area contributed by atoms with Gasteiger partial charge in [0.1, 0.15) is 17.4 Å². The van der Waals surface area contributed by atoms with Gasteiger partial charge < -0.3 is 13.9 Å². The van der Waals surface area contributed by atoms with Gasteiger partial charge in [0.25, 0.3) is 0 Å². The van der Waals surface area contributed by atoms with Crippen LogP contribution in [0.1, 0.15) is 136 Å². The van der Waals surface area contributed by atoms with Crippen LogP contribution in [0.25, 0.3) is 11.0 Å². The molecule has 3 saturated carbocycles. The molecule has 0 radical (unpaired) electrons. The van der Waals surface area contributed by atoms with Crippen molar-refractivity contribution in [3.8, 4) is 5.75 Å². The van der Waals surface area contributed by atoms with Gasteiger partial charge in [0.2, 0.25) is 0 Å². The summed E-state index contributed by atoms with van der Waals surface area (Å²) in [5.74, 6) is 5.15. The number of allylic oxidation sites excluding steroid dienone is 1. The highest BCUT2D eigenvalue weighted by molar-refractivity contribution is 5.82. The summed E-state index contributed by atoms with van der Waals surface area (Å²) in [7, 11) is 0. The number of hydrogen-bond acceptors (Lipinski definition) is 5. The molecule has 0 saturated heterocycles. The third-order valence-electron chi connectivity index (χ3n) is 13.8. The van der Waals surface area contributed by atoms with Gasteiger partial charge in [-0.25, -0.2) is 9.59 Å². The Bertz CT molecular complexity index is 1550. The first-order valence-corrected chi connectivity index (χ1v) is 19.5. The van der Waals surface area contributed by atoms with E-state index in [-0.39, 0.29) is 29.7 Å². The van der Waals surface area contributed by atoms with Crippen LogP contribution in [0.2, 0.25) is 0 Å². The number of esters is 1. The van der Waals surface area contributed by atoms with Crippen LogP contribution < -0.4 is 10.4 Å². The smallest absolute Gasteiger partial charge is 0.344 e. The van der Waals surface area contributed by atoms with Gasteiger partial charge >= 0.3 is 11.6 Å². The van der Waals surface area contributed by atoms with Crippen molar-refractivity contribution in [2.75, 3.05) is 6.61 Å². The number of benzene rings is 1. The van der Waals surface area contributed by atoms with Crippen molar-refractivity contribution in [2.45, 2.75) is 144 Å². The summed E-state index contributed by atoms with van der Waals surface area (Å²) in [6.07, 6.45) is 19.3. The Balaban J connectivity index is 1.03. The fourth-order valence-corrected chi connectivity index (χ4v) is 11.0. The molecule has 0 bridgehead atoms. The third-order valence-corrected chi connectivity index (χ3v) is 13.8. The first-order chi connectivity index (χ1) is 22.9. The average Bonchev–Trinajstić information content (AvgIpc) is 3.04. The Morgan fingerprint density at radius 3 is 2.62 bits per heavy atom. The first kappa shape index (κ1) is 35.3. The zero-order valence-corrected chi connectivity index (χ0v) is 31.0. The fraction of sp³-hybridized carbons (Fsp3) is 0.721. The molecule has 0 aliphatic heterocycles. The predicted octanol–water partition coefficient (Wildman–Crippen LogP) is 10.8. The average molecular weight is 659 g/mol. The highest BCUT2D eigenvalue weighted by Gasteiger charge is 2.56. The van der Waals surface area contributed by atoms with Gasteiger partial charge in [0.15, 0.2) is 6.61 Å². The predicted molar refractivity (Wildman–Crippen MR) is 194 cm³/mol. The maximum atomic E-state index is 13.0. The van der Waals surface area contributed by atoms with Crippen molar-refractivity contribution in [3.63, 3.8) is 0 Å². The number of ether oxygens (including phenoxy) is 2. The van der Waals surface area contributed by atoms with Crippen LogP contribution in [0.4, 0.5) is 0 Å². The van der Waals surface area contributed by atoms with Gasteiger partial charge in [-0.1, -0.05) is 78.9 Å². The van der Waals surface area contributed by atoms with Crippen LogP contribution in [0.3, 0.4) is 0 Å². The lowest BCUT2D eigenvalue weighted by atomic mass is 9.44. The van der Waals surface area contributed by atoms with E-state index in [0.717, 1.165) is 77.7 Å². The number of hydrogen-bond donors (Lipinski definition) is 0. The topological polar surface area (TPSA) is 65.7 Å². The SMILES string of the molecule is CCCc1c(C)c2ccc(OCC(=O)O[C@H]3CC[C@@]4(C)C(=CC[C@H]5[C@H]6CC[C@@H]([C@@H](C)CCCC(C)C)C[C@@]6(C)CC[C@H]54)C3)cc2oc1=O. The van der Waals surface area contributed by atoms with E-state index in [1.165, 1.54) is 63.4 Å². The molecule has 1 aromatic carbocycles. The van der Waals surface area contributed by atoms with E-state index in [9.17, 15) is 9.59 Å². The standard InChI is InChI=1S/C43H62O5/c1-8-10-35-29(5)34-17-15-32(24-39(34)48-41(35)45)46-26-40(44)47-33-19-22-43(7)31(23-33)14-16-36-37-18-13-30(28(4)12-9-11-27(2)3)25-42(37,6)21-20-38(36)43/h14-15,17,24,27-28,30,33,36-38H,8-13,16,18-23,25-26H2,1-7H3/t28-,30+,33-,36-,37+,38+,42+,43-/m0/s1. The molecule has 0 N–H and O–H groups in total. The van der Waals surface area contributed by atoms with Crippen LogP contribution >= 0.6 is 0 Å². The number of aryl methyl sites for hydroxylation is 1. The minimum atomic E-state index is -0.336. The van der Waals surface area contributed by atoms with E-state index in [1.807, 2.05) is 19.1 Å². The Labute approximate surface area is 289 Å². The summed E-state index contributed by atoms with van der Waals surface area (Å²) in [5.41, 5.74) is 4.14. The summed E-state index contributed by atoms with van der Waals surface area (Å²) < 4.78 is 17.4. The Morgan fingerprint density at radius 1 is 1.04 bits per heavy atom. The lowest BCUT2D eigenvalue weighted by Crippen LogP contribution is -2.52. The maximum absolute atomic E-state index is 13.0. The van der Waals surface area contributed by atoms with Gasteiger partial charge in [0.05, 0.1) is 0 Å². The summed E-state index contributed by atoms with van der Waals surface area (Å²) in [6.45, 7) is 16.3. The maximum Gasteiger partial charge on any atom is 0.344 e. The van der Waals surface area contributed by atoms with Crippen molar-refractivity contribution >= 4 is 16.9 Å². The second-order valence-electron chi connectivity index (χ2n) is 17.3. The van der Waals surface area contributed by atoms with Crippen molar-refractivity contribution < 1.29 is 18.7 Å². The van der Waals surface area contributed by atoms with Gasteiger partial charge in [-0.05, 0) is 129 Å². The minimum absolute atomic E-state index is 0.0901. The van der Waals surface area contributed by atoms with Crippen molar-refractivity contribution in [1.29, 1.82) is 0 Å². The molecular weight excluding hydrogens is 596 g/mol. The highest BCUT2D eigenvalue weighted by Crippen LogP contribution is 2.65. The van der Waals surface area contributed by atoms with Gasteiger partial charge in [0, 0.05) is 23.4 Å². The van der Waals surface area contributed by atoms with Crippen LogP contribution in [-0.2, 0) is 16.0 Å². The van der Waals surface area contributed by atoms with Crippen LogP contribution in [0, 0.1) is 53.3 Å². The second-order valence-corrected chi connectivity index (χ2v) is 17.3. The minimum Gasteiger partial charge on any atom is -0.482 e. The largest absolute Gasteiger partial charge is 0.482 e. The summed E-state index contributed by atoms with van der Waals surface area (Å²) in [4.78, 5) is 25.5. The molecule has 0 amide bonds. The summed E-state index contributed by atoms with van der Waals surface area (Å²) in [6, 6.07) is 5.45. The third kappa shape index (κ3) is 7.04. The van der Waals surface area contributed by atoms with Crippen molar-refractivity contribution in [1.82, 2.24) is 0 Å². The summed E-state index contributed by atoms with van der Waals surface area (Å²) in [5, 5.41) is 0.901. The van der Waals surface area contributed by atoms with E-state index in [1.54, 1.807) is 6.07 Å².